The molecule has 0 amide bonds. The number of carboxylic acids is 1. The van der Waals surface area contributed by atoms with Crippen LogP contribution in [0.1, 0.15) is 13.3 Å². The molecule has 5 nitrogen and oxygen atoms in total. The highest BCUT2D eigenvalue weighted by atomic mass is 16.5. The van der Waals surface area contributed by atoms with Gasteiger partial charge >= 0.3 is 5.97 Å². The maximum atomic E-state index is 10.3. The molecule has 5 N–H and O–H groups in total. The van der Waals surface area contributed by atoms with Crippen molar-refractivity contribution >= 4 is 5.97 Å². The van der Waals surface area contributed by atoms with Gasteiger partial charge in [-0.2, -0.15) is 0 Å². The van der Waals surface area contributed by atoms with Crippen LogP contribution in [0.3, 0.4) is 0 Å². The van der Waals surface area contributed by atoms with Crippen LogP contribution in [0, 0.1) is 0 Å². The minimum atomic E-state index is -1.25. The molecule has 0 saturated carbocycles. The third kappa shape index (κ3) is 2.77. The second-order valence-electron chi connectivity index (χ2n) is 2.38. The van der Waals surface area contributed by atoms with E-state index in [0.717, 1.165) is 0 Å². The summed E-state index contributed by atoms with van der Waals surface area (Å²) < 4.78 is 0. The number of nitrogens with one attached hydrogen (secondary N) is 1. The minimum Gasteiger partial charge on any atom is -0.480 e. The fourth-order valence-electron chi connectivity index (χ4n) is 0.423. The molecule has 0 radical (unpaired) electrons. The summed E-state index contributed by atoms with van der Waals surface area (Å²) in [6.07, 6.45) is 0.193. The third-order valence-electron chi connectivity index (χ3n) is 1.24. The second-order valence-corrected chi connectivity index (χ2v) is 2.38. The van der Waals surface area contributed by atoms with Gasteiger partial charge in [0.15, 0.2) is 0 Å². The van der Waals surface area contributed by atoms with Crippen LogP contribution in [0.5, 0.6) is 0 Å². The highest BCUT2D eigenvalue weighted by Crippen LogP contribution is 2.03. The smallest absolute Gasteiger partial charge is 0.323 e. The van der Waals surface area contributed by atoms with Gasteiger partial charge in [-0.1, -0.05) is 0 Å². The van der Waals surface area contributed by atoms with Crippen LogP contribution >= 0.6 is 0 Å². The van der Waals surface area contributed by atoms with E-state index in [4.69, 9.17) is 16.0 Å². The zero-order valence-electron chi connectivity index (χ0n) is 5.79. The van der Waals surface area contributed by atoms with Crippen molar-refractivity contribution in [3.63, 3.8) is 0 Å². The standard InChI is InChI=1S/C5H12N2O3/c1-5(6,4(8)9)2-3-7-10/h7,10H,2-3,6H2,1H3,(H,8,9). The summed E-state index contributed by atoms with van der Waals surface area (Å²) in [6.45, 7) is 1.58. The Balaban J connectivity index is 3.75. The van der Waals surface area contributed by atoms with Gasteiger partial charge in [0.1, 0.15) is 5.54 Å². The first-order chi connectivity index (χ1) is 4.50. The van der Waals surface area contributed by atoms with E-state index in [1.165, 1.54) is 6.92 Å². The normalized spacial score (nSPS) is 16.3. The van der Waals surface area contributed by atoms with E-state index in [1.807, 2.05) is 5.48 Å². The predicted octanol–water partition coefficient (Wildman–Crippen LogP) is -0.843. The topological polar surface area (TPSA) is 95.6 Å². The zero-order chi connectivity index (χ0) is 8.20. The summed E-state index contributed by atoms with van der Waals surface area (Å²) >= 11 is 0. The number of rotatable bonds is 4. The molecule has 1 atom stereocenters. The molecule has 0 aliphatic heterocycles. The monoisotopic (exact) mass is 148 g/mol. The molecule has 0 saturated heterocycles. The summed E-state index contributed by atoms with van der Waals surface area (Å²) in [5.41, 5.74) is 5.88. The molecule has 0 fully saturated rings. The first-order valence-electron chi connectivity index (χ1n) is 2.90. The van der Waals surface area contributed by atoms with Crippen molar-refractivity contribution in [2.24, 2.45) is 5.73 Å². The van der Waals surface area contributed by atoms with E-state index in [1.54, 1.807) is 0 Å². The van der Waals surface area contributed by atoms with Crippen LogP contribution in [0.4, 0.5) is 0 Å². The molecular weight excluding hydrogens is 136 g/mol. The summed E-state index contributed by atoms with van der Waals surface area (Å²) in [6, 6.07) is 0. The Bertz CT molecular complexity index is 124. The molecule has 1 unspecified atom stereocenters. The Morgan fingerprint density at radius 1 is 1.80 bits per heavy atom. The van der Waals surface area contributed by atoms with Crippen molar-refractivity contribution < 1.29 is 15.1 Å². The summed E-state index contributed by atoms with van der Waals surface area (Å²) in [7, 11) is 0. The quantitative estimate of drug-likeness (QED) is 0.390. The lowest BCUT2D eigenvalue weighted by atomic mass is 10.0. The SMILES string of the molecule is CC(N)(CCNO)C(=O)O. The highest BCUT2D eigenvalue weighted by Gasteiger charge is 2.26. The van der Waals surface area contributed by atoms with Crippen LogP contribution in [-0.2, 0) is 4.79 Å². The number of carbonyl (C=O) groups is 1. The molecule has 60 valence electrons. The van der Waals surface area contributed by atoms with E-state index in [0.29, 0.717) is 0 Å². The number of hydroxylamine groups is 1. The zero-order valence-corrected chi connectivity index (χ0v) is 5.79. The number of nitrogens with two attached hydrogens (primary N) is 1. The number of hydrogen-bond acceptors (Lipinski definition) is 4. The van der Waals surface area contributed by atoms with Gasteiger partial charge in [-0.15, -0.1) is 0 Å². The Morgan fingerprint density at radius 2 is 2.30 bits per heavy atom. The maximum absolute atomic E-state index is 10.3. The molecule has 10 heavy (non-hydrogen) atoms. The van der Waals surface area contributed by atoms with Crippen molar-refractivity contribution in [1.82, 2.24) is 5.48 Å². The van der Waals surface area contributed by atoms with Crippen molar-refractivity contribution in [1.29, 1.82) is 0 Å². The highest BCUT2D eigenvalue weighted by molar-refractivity contribution is 5.77. The van der Waals surface area contributed by atoms with Crippen molar-refractivity contribution in [3.8, 4) is 0 Å². The van der Waals surface area contributed by atoms with Gasteiger partial charge in [-0.3, -0.25) is 4.79 Å². The molecule has 5 heteroatoms. The van der Waals surface area contributed by atoms with E-state index >= 15 is 0 Å². The second kappa shape index (κ2) is 3.50. The minimum absolute atomic E-state index is 0.180. The summed E-state index contributed by atoms with van der Waals surface area (Å²) in [5.74, 6) is -1.07. The van der Waals surface area contributed by atoms with Crippen molar-refractivity contribution in [2.45, 2.75) is 18.9 Å². The van der Waals surface area contributed by atoms with E-state index < -0.39 is 11.5 Å². The molecular formula is C5H12N2O3. The molecule has 0 bridgehead atoms. The van der Waals surface area contributed by atoms with E-state index in [2.05, 4.69) is 0 Å². The molecule has 0 rings (SSSR count). The van der Waals surface area contributed by atoms with Crippen LogP contribution < -0.4 is 11.2 Å². The van der Waals surface area contributed by atoms with Gasteiger partial charge in [0.25, 0.3) is 0 Å². The fourth-order valence-corrected chi connectivity index (χ4v) is 0.423. The Hall–Kier alpha value is -0.650. The van der Waals surface area contributed by atoms with Crippen molar-refractivity contribution in [2.75, 3.05) is 6.54 Å². The molecule has 0 aromatic carbocycles. The average Bonchev–Trinajstić information content (AvgIpc) is 1.84. The third-order valence-corrected chi connectivity index (χ3v) is 1.24. The number of carboxylic acid groups (broad SMARTS) is 1. The van der Waals surface area contributed by atoms with E-state index in [-0.39, 0.29) is 13.0 Å². The maximum Gasteiger partial charge on any atom is 0.323 e. The fraction of sp³-hybridized carbons (Fsp3) is 0.800. The Kier molecular flexibility index (Phi) is 3.27. The average molecular weight is 148 g/mol. The molecule has 0 spiro atoms. The Labute approximate surface area is 58.8 Å². The molecule has 0 heterocycles. The summed E-state index contributed by atoms with van der Waals surface area (Å²) in [4.78, 5) is 10.3. The molecule has 0 aromatic rings. The van der Waals surface area contributed by atoms with Crippen LogP contribution in [0.2, 0.25) is 0 Å². The van der Waals surface area contributed by atoms with Crippen LogP contribution in [0.15, 0.2) is 0 Å². The molecule has 0 aromatic heterocycles. The van der Waals surface area contributed by atoms with Crippen LogP contribution in [0.25, 0.3) is 0 Å². The first-order valence-corrected chi connectivity index (χ1v) is 2.90. The van der Waals surface area contributed by atoms with Gasteiger partial charge in [-0.25, -0.2) is 5.48 Å². The number of hydrogen-bond donors (Lipinski definition) is 4. The molecule has 0 aliphatic carbocycles. The largest absolute Gasteiger partial charge is 0.480 e. The Morgan fingerprint density at radius 3 is 2.60 bits per heavy atom. The lowest BCUT2D eigenvalue weighted by molar-refractivity contribution is -0.142. The van der Waals surface area contributed by atoms with Gasteiger partial charge in [-0.05, 0) is 13.3 Å². The van der Waals surface area contributed by atoms with Gasteiger partial charge in [0.05, 0.1) is 0 Å². The van der Waals surface area contributed by atoms with Gasteiger partial charge in [0, 0.05) is 6.54 Å². The summed E-state index contributed by atoms with van der Waals surface area (Å²) in [5, 5.41) is 16.5. The number of aliphatic carboxylic acids is 1. The lowest BCUT2D eigenvalue weighted by Gasteiger charge is -2.17. The van der Waals surface area contributed by atoms with Gasteiger partial charge in [0.2, 0.25) is 0 Å². The lowest BCUT2D eigenvalue weighted by Crippen LogP contribution is -2.46. The van der Waals surface area contributed by atoms with Crippen molar-refractivity contribution in [3.05, 3.63) is 0 Å². The predicted molar refractivity (Wildman–Crippen MR) is 34.6 cm³/mol. The first kappa shape index (κ1) is 9.35. The molecule has 0 aliphatic rings. The van der Waals surface area contributed by atoms with Gasteiger partial charge < -0.3 is 16.0 Å². The van der Waals surface area contributed by atoms with Crippen LogP contribution in [-0.4, -0.2) is 28.4 Å². The van der Waals surface area contributed by atoms with E-state index in [9.17, 15) is 4.79 Å².